The Labute approximate surface area is 152 Å². The van der Waals surface area contributed by atoms with Gasteiger partial charge in [0.2, 0.25) is 0 Å². The van der Waals surface area contributed by atoms with Crippen molar-refractivity contribution in [1.82, 2.24) is 15.3 Å². The van der Waals surface area contributed by atoms with E-state index >= 15 is 0 Å². The van der Waals surface area contributed by atoms with Crippen LogP contribution < -0.4 is 10.1 Å². The van der Waals surface area contributed by atoms with E-state index in [0.29, 0.717) is 30.1 Å². The Bertz CT molecular complexity index is 773. The molecule has 138 valence electrons. The lowest BCUT2D eigenvalue weighted by Crippen LogP contribution is -2.27. The quantitative estimate of drug-likeness (QED) is 0.752. The molecule has 0 saturated heterocycles. The molecule has 0 spiro atoms. The van der Waals surface area contributed by atoms with Crippen molar-refractivity contribution in [2.75, 3.05) is 13.2 Å². The summed E-state index contributed by atoms with van der Waals surface area (Å²) in [6, 6.07) is 7.12. The molecule has 0 unspecified atom stereocenters. The number of hydrogen-bond acceptors (Lipinski definition) is 5. The second-order valence-electron chi connectivity index (χ2n) is 6.20. The number of hydrogen-bond donors (Lipinski definition) is 2. The first-order chi connectivity index (χ1) is 12.4. The van der Waals surface area contributed by atoms with Crippen molar-refractivity contribution in [3.05, 3.63) is 53.1 Å². The van der Waals surface area contributed by atoms with Gasteiger partial charge < -0.3 is 15.2 Å². The van der Waals surface area contributed by atoms with Crippen molar-refractivity contribution in [3.8, 4) is 5.75 Å². The standard InChI is InChI=1S/C19H23N3O4/c1-12(2)18-16(10-21-13(3)22-18)19(25)20-9-8-14-4-6-15(7-5-14)26-11-17(23)24/h4-7,10,12H,8-9,11H2,1-3H3,(H,20,25)(H,23,24). The van der Waals surface area contributed by atoms with Gasteiger partial charge in [-0.25, -0.2) is 14.8 Å². The number of carbonyl (C=O) groups is 2. The Morgan fingerprint density at radius 2 is 1.92 bits per heavy atom. The molecule has 0 atom stereocenters. The van der Waals surface area contributed by atoms with Gasteiger partial charge in [0.25, 0.3) is 5.91 Å². The van der Waals surface area contributed by atoms with Gasteiger partial charge in [-0.2, -0.15) is 0 Å². The number of nitrogens with zero attached hydrogens (tertiary/aromatic N) is 2. The fraction of sp³-hybridized carbons (Fsp3) is 0.368. The summed E-state index contributed by atoms with van der Waals surface area (Å²) < 4.78 is 5.08. The molecular weight excluding hydrogens is 334 g/mol. The van der Waals surface area contributed by atoms with E-state index in [9.17, 15) is 9.59 Å². The lowest BCUT2D eigenvalue weighted by atomic mass is 10.0. The molecule has 1 amide bonds. The molecule has 2 rings (SSSR count). The van der Waals surface area contributed by atoms with Crippen LogP contribution in [0.5, 0.6) is 5.75 Å². The van der Waals surface area contributed by atoms with Gasteiger partial charge in [0, 0.05) is 12.7 Å². The van der Waals surface area contributed by atoms with Gasteiger partial charge >= 0.3 is 5.97 Å². The second kappa shape index (κ2) is 8.94. The molecule has 1 heterocycles. The third-order valence-corrected chi connectivity index (χ3v) is 3.72. The SMILES string of the molecule is Cc1ncc(C(=O)NCCc2ccc(OCC(=O)O)cc2)c(C(C)C)n1. The molecule has 0 saturated carbocycles. The van der Waals surface area contributed by atoms with Crippen molar-refractivity contribution < 1.29 is 19.4 Å². The van der Waals surface area contributed by atoms with E-state index < -0.39 is 5.97 Å². The number of nitrogens with one attached hydrogen (secondary N) is 1. The summed E-state index contributed by atoms with van der Waals surface area (Å²) >= 11 is 0. The molecule has 7 heteroatoms. The summed E-state index contributed by atoms with van der Waals surface area (Å²) in [6.45, 7) is 5.89. The van der Waals surface area contributed by atoms with Gasteiger partial charge in [-0.3, -0.25) is 4.79 Å². The van der Waals surface area contributed by atoms with E-state index in [0.717, 1.165) is 11.3 Å². The number of amides is 1. The lowest BCUT2D eigenvalue weighted by Gasteiger charge is -2.12. The highest BCUT2D eigenvalue weighted by molar-refractivity contribution is 5.95. The molecule has 0 aliphatic carbocycles. The molecule has 0 bridgehead atoms. The maximum Gasteiger partial charge on any atom is 0.341 e. The zero-order valence-electron chi connectivity index (χ0n) is 15.2. The van der Waals surface area contributed by atoms with Crippen molar-refractivity contribution in [3.63, 3.8) is 0 Å². The molecule has 0 aliphatic rings. The van der Waals surface area contributed by atoms with E-state index in [1.807, 2.05) is 26.0 Å². The Kier molecular flexibility index (Phi) is 6.66. The summed E-state index contributed by atoms with van der Waals surface area (Å²) in [4.78, 5) is 31.4. The normalized spacial score (nSPS) is 10.6. The smallest absolute Gasteiger partial charge is 0.341 e. The fourth-order valence-electron chi connectivity index (χ4n) is 2.42. The van der Waals surface area contributed by atoms with E-state index in [4.69, 9.17) is 9.84 Å². The lowest BCUT2D eigenvalue weighted by molar-refractivity contribution is -0.139. The van der Waals surface area contributed by atoms with E-state index in [1.54, 1.807) is 25.3 Å². The third kappa shape index (κ3) is 5.54. The number of carboxylic acid groups (broad SMARTS) is 1. The monoisotopic (exact) mass is 357 g/mol. The molecule has 0 radical (unpaired) electrons. The zero-order chi connectivity index (χ0) is 19.1. The first-order valence-corrected chi connectivity index (χ1v) is 8.42. The van der Waals surface area contributed by atoms with Gasteiger partial charge in [-0.05, 0) is 37.0 Å². The molecule has 2 aromatic rings. The van der Waals surface area contributed by atoms with Gasteiger partial charge in [0.1, 0.15) is 11.6 Å². The summed E-state index contributed by atoms with van der Waals surface area (Å²) in [6.07, 6.45) is 2.22. The fourth-order valence-corrected chi connectivity index (χ4v) is 2.42. The van der Waals surface area contributed by atoms with Crippen molar-refractivity contribution in [2.24, 2.45) is 0 Å². The van der Waals surface area contributed by atoms with Crippen LogP contribution in [0, 0.1) is 6.92 Å². The van der Waals surface area contributed by atoms with Crippen LogP contribution in [0.2, 0.25) is 0 Å². The summed E-state index contributed by atoms with van der Waals surface area (Å²) in [5.41, 5.74) is 2.26. The second-order valence-corrected chi connectivity index (χ2v) is 6.20. The van der Waals surface area contributed by atoms with Crippen LogP contribution in [0.1, 0.15) is 47.2 Å². The highest BCUT2D eigenvalue weighted by atomic mass is 16.5. The molecule has 1 aromatic carbocycles. The highest BCUT2D eigenvalue weighted by Gasteiger charge is 2.16. The van der Waals surface area contributed by atoms with Gasteiger partial charge in [0.05, 0.1) is 11.3 Å². The molecule has 1 aromatic heterocycles. The van der Waals surface area contributed by atoms with Crippen LogP contribution >= 0.6 is 0 Å². The average molecular weight is 357 g/mol. The van der Waals surface area contributed by atoms with Crippen molar-refractivity contribution in [2.45, 2.75) is 33.1 Å². The number of aromatic nitrogens is 2. The van der Waals surface area contributed by atoms with Crippen LogP contribution in [0.15, 0.2) is 30.5 Å². The molecule has 0 fully saturated rings. The number of aryl methyl sites for hydroxylation is 1. The predicted octanol–water partition coefficient (Wildman–Crippen LogP) is 2.34. The summed E-state index contributed by atoms with van der Waals surface area (Å²) in [7, 11) is 0. The minimum absolute atomic E-state index is 0.135. The van der Waals surface area contributed by atoms with Crippen molar-refractivity contribution >= 4 is 11.9 Å². The average Bonchev–Trinajstić information content (AvgIpc) is 2.60. The number of ether oxygens (including phenoxy) is 1. The Morgan fingerprint density at radius 3 is 2.54 bits per heavy atom. The maximum atomic E-state index is 12.4. The number of carboxylic acids is 1. The minimum atomic E-state index is -1.02. The van der Waals surface area contributed by atoms with Gasteiger partial charge in [0.15, 0.2) is 6.61 Å². The maximum absolute atomic E-state index is 12.4. The van der Waals surface area contributed by atoms with Crippen LogP contribution in [0.25, 0.3) is 0 Å². The van der Waals surface area contributed by atoms with E-state index in [2.05, 4.69) is 15.3 Å². The third-order valence-electron chi connectivity index (χ3n) is 3.72. The minimum Gasteiger partial charge on any atom is -0.482 e. The summed E-state index contributed by atoms with van der Waals surface area (Å²) in [5.74, 6) is 0.0811. The van der Waals surface area contributed by atoms with Crippen LogP contribution in [0.4, 0.5) is 0 Å². The molecular formula is C19H23N3O4. The topological polar surface area (TPSA) is 101 Å². The largest absolute Gasteiger partial charge is 0.482 e. The molecule has 2 N–H and O–H groups in total. The number of rotatable bonds is 8. The first kappa shape index (κ1) is 19.4. The van der Waals surface area contributed by atoms with E-state index in [-0.39, 0.29) is 18.4 Å². The predicted molar refractivity (Wildman–Crippen MR) is 96.5 cm³/mol. The number of aliphatic carboxylic acids is 1. The molecule has 0 aliphatic heterocycles. The van der Waals surface area contributed by atoms with Gasteiger partial charge in [-0.1, -0.05) is 26.0 Å². The number of benzene rings is 1. The Morgan fingerprint density at radius 1 is 1.23 bits per heavy atom. The van der Waals surface area contributed by atoms with Crippen LogP contribution in [-0.4, -0.2) is 40.1 Å². The first-order valence-electron chi connectivity index (χ1n) is 8.42. The van der Waals surface area contributed by atoms with Crippen LogP contribution in [0.3, 0.4) is 0 Å². The Balaban J connectivity index is 1.89. The Hall–Kier alpha value is -2.96. The molecule has 26 heavy (non-hydrogen) atoms. The van der Waals surface area contributed by atoms with Gasteiger partial charge in [-0.15, -0.1) is 0 Å². The van der Waals surface area contributed by atoms with E-state index in [1.165, 1.54) is 0 Å². The highest BCUT2D eigenvalue weighted by Crippen LogP contribution is 2.16. The summed E-state index contributed by atoms with van der Waals surface area (Å²) in [5, 5.41) is 11.5. The molecule has 7 nitrogen and oxygen atoms in total. The zero-order valence-corrected chi connectivity index (χ0v) is 15.2. The number of carbonyl (C=O) groups excluding carboxylic acids is 1. The van der Waals surface area contributed by atoms with Crippen LogP contribution in [-0.2, 0) is 11.2 Å². The van der Waals surface area contributed by atoms with Crippen molar-refractivity contribution in [1.29, 1.82) is 0 Å².